The first-order chi connectivity index (χ1) is 10.2. The lowest BCUT2D eigenvalue weighted by atomic mass is 10.0. The van der Waals surface area contributed by atoms with Crippen LogP contribution in [0.1, 0.15) is 44.0 Å². The maximum Gasteiger partial charge on any atom is 0.124 e. The molecule has 2 aromatic rings. The molecule has 0 amide bonds. The standard InChI is InChI=1S/C16H21BrFN3/c1-3-8-19-16(13-6-5-12(18)11-14(13)17)15-7-9-20-21(15)10-4-2/h5-7,9,11,16,19H,3-4,8,10H2,1-2H3. The fourth-order valence-electron chi connectivity index (χ4n) is 2.38. The molecule has 3 nitrogen and oxygen atoms in total. The Bertz CT molecular complexity index is 583. The van der Waals surface area contributed by atoms with Gasteiger partial charge in [-0.05, 0) is 43.1 Å². The average molecular weight is 354 g/mol. The van der Waals surface area contributed by atoms with E-state index in [1.165, 1.54) is 12.1 Å². The minimum atomic E-state index is -0.234. The summed E-state index contributed by atoms with van der Waals surface area (Å²) in [5.74, 6) is -0.234. The van der Waals surface area contributed by atoms with Gasteiger partial charge in [-0.3, -0.25) is 4.68 Å². The van der Waals surface area contributed by atoms with Gasteiger partial charge in [0.1, 0.15) is 5.82 Å². The number of nitrogens with one attached hydrogen (secondary N) is 1. The van der Waals surface area contributed by atoms with E-state index >= 15 is 0 Å². The zero-order valence-electron chi connectivity index (χ0n) is 12.4. The molecule has 0 saturated carbocycles. The quantitative estimate of drug-likeness (QED) is 0.804. The molecule has 1 N–H and O–H groups in total. The predicted octanol–water partition coefficient (Wildman–Crippen LogP) is 4.28. The number of aryl methyl sites for hydroxylation is 1. The van der Waals surface area contributed by atoms with Crippen LogP contribution in [0.2, 0.25) is 0 Å². The van der Waals surface area contributed by atoms with Gasteiger partial charge < -0.3 is 5.32 Å². The Balaban J connectivity index is 2.39. The van der Waals surface area contributed by atoms with Crippen LogP contribution in [0.25, 0.3) is 0 Å². The Hall–Kier alpha value is -1.20. The first-order valence-electron chi connectivity index (χ1n) is 7.37. The van der Waals surface area contributed by atoms with Crippen LogP contribution in [-0.2, 0) is 6.54 Å². The summed E-state index contributed by atoms with van der Waals surface area (Å²) in [7, 11) is 0. The molecule has 0 fully saturated rings. The summed E-state index contributed by atoms with van der Waals surface area (Å²) >= 11 is 3.48. The molecule has 1 unspecified atom stereocenters. The predicted molar refractivity (Wildman–Crippen MR) is 86.8 cm³/mol. The maximum atomic E-state index is 13.3. The van der Waals surface area contributed by atoms with E-state index in [2.05, 4.69) is 40.2 Å². The summed E-state index contributed by atoms with van der Waals surface area (Å²) in [5, 5.41) is 7.93. The number of hydrogen-bond acceptors (Lipinski definition) is 2. The lowest BCUT2D eigenvalue weighted by Gasteiger charge is -2.21. The zero-order valence-corrected chi connectivity index (χ0v) is 14.0. The van der Waals surface area contributed by atoms with E-state index in [1.54, 1.807) is 0 Å². The Kier molecular flexibility index (Phi) is 5.94. The lowest BCUT2D eigenvalue weighted by molar-refractivity contribution is 0.510. The fraction of sp³-hybridized carbons (Fsp3) is 0.438. The molecule has 1 aromatic carbocycles. The minimum absolute atomic E-state index is 0.00831. The van der Waals surface area contributed by atoms with Crippen molar-refractivity contribution in [1.29, 1.82) is 0 Å². The molecule has 0 saturated heterocycles. The van der Waals surface area contributed by atoms with Gasteiger partial charge in [-0.2, -0.15) is 5.10 Å². The molecule has 5 heteroatoms. The number of hydrogen-bond donors (Lipinski definition) is 1. The van der Waals surface area contributed by atoms with Gasteiger partial charge >= 0.3 is 0 Å². The molecule has 0 aliphatic heterocycles. The highest BCUT2D eigenvalue weighted by Crippen LogP contribution is 2.29. The monoisotopic (exact) mass is 353 g/mol. The van der Waals surface area contributed by atoms with Gasteiger partial charge in [0.05, 0.1) is 11.7 Å². The molecule has 21 heavy (non-hydrogen) atoms. The van der Waals surface area contributed by atoms with E-state index < -0.39 is 0 Å². The summed E-state index contributed by atoms with van der Waals surface area (Å²) in [6.45, 7) is 6.04. The van der Waals surface area contributed by atoms with Crippen molar-refractivity contribution in [2.45, 2.75) is 39.3 Å². The first kappa shape index (κ1) is 16.2. The third kappa shape index (κ3) is 3.92. The highest BCUT2D eigenvalue weighted by atomic mass is 79.9. The summed E-state index contributed by atoms with van der Waals surface area (Å²) in [4.78, 5) is 0. The first-order valence-corrected chi connectivity index (χ1v) is 8.16. The van der Waals surface area contributed by atoms with Gasteiger partial charge in [-0.25, -0.2) is 4.39 Å². The maximum absolute atomic E-state index is 13.3. The van der Waals surface area contributed by atoms with E-state index in [0.717, 1.165) is 41.7 Å². The van der Waals surface area contributed by atoms with Crippen molar-refractivity contribution in [1.82, 2.24) is 15.1 Å². The Labute approximate surface area is 133 Å². The van der Waals surface area contributed by atoms with Gasteiger partial charge in [0.15, 0.2) is 0 Å². The van der Waals surface area contributed by atoms with Crippen molar-refractivity contribution >= 4 is 15.9 Å². The second kappa shape index (κ2) is 7.71. The van der Waals surface area contributed by atoms with E-state index in [4.69, 9.17) is 0 Å². The van der Waals surface area contributed by atoms with Crippen molar-refractivity contribution < 1.29 is 4.39 Å². The van der Waals surface area contributed by atoms with Gasteiger partial charge in [0.2, 0.25) is 0 Å². The summed E-state index contributed by atoms with van der Waals surface area (Å²) in [6.07, 6.45) is 3.89. The topological polar surface area (TPSA) is 29.9 Å². The van der Waals surface area contributed by atoms with Crippen molar-refractivity contribution in [2.24, 2.45) is 0 Å². The van der Waals surface area contributed by atoms with E-state index in [9.17, 15) is 4.39 Å². The Morgan fingerprint density at radius 3 is 2.76 bits per heavy atom. The molecule has 1 aromatic heterocycles. The molecule has 0 spiro atoms. The molecule has 2 rings (SSSR count). The smallest absolute Gasteiger partial charge is 0.124 e. The van der Waals surface area contributed by atoms with Gasteiger partial charge in [-0.15, -0.1) is 0 Å². The SMILES string of the molecule is CCCNC(c1ccc(F)cc1Br)c1ccnn1CCC. The van der Waals surface area contributed by atoms with Gasteiger partial charge in [0.25, 0.3) is 0 Å². The normalized spacial score (nSPS) is 12.6. The summed E-state index contributed by atoms with van der Waals surface area (Å²) < 4.78 is 16.1. The summed E-state index contributed by atoms with van der Waals surface area (Å²) in [6, 6.07) is 6.88. The van der Waals surface area contributed by atoms with E-state index in [0.29, 0.717) is 0 Å². The van der Waals surface area contributed by atoms with Gasteiger partial charge in [0, 0.05) is 17.2 Å². The number of aromatic nitrogens is 2. The van der Waals surface area contributed by atoms with Crippen molar-refractivity contribution in [3.8, 4) is 0 Å². The van der Waals surface area contributed by atoms with Crippen LogP contribution >= 0.6 is 15.9 Å². The largest absolute Gasteiger partial charge is 0.305 e. The number of halogens is 2. The lowest BCUT2D eigenvalue weighted by Crippen LogP contribution is -2.26. The number of rotatable bonds is 7. The zero-order chi connectivity index (χ0) is 15.2. The van der Waals surface area contributed by atoms with Crippen molar-refractivity contribution in [3.05, 3.63) is 52.0 Å². The van der Waals surface area contributed by atoms with Crippen LogP contribution in [0.3, 0.4) is 0 Å². The number of benzene rings is 1. The molecule has 1 heterocycles. The molecular formula is C16H21BrFN3. The Morgan fingerprint density at radius 1 is 1.29 bits per heavy atom. The van der Waals surface area contributed by atoms with E-state index in [-0.39, 0.29) is 11.9 Å². The van der Waals surface area contributed by atoms with Crippen LogP contribution in [0.4, 0.5) is 4.39 Å². The fourth-order valence-corrected chi connectivity index (χ4v) is 2.96. The second-order valence-electron chi connectivity index (χ2n) is 5.03. The van der Waals surface area contributed by atoms with Crippen LogP contribution in [0.5, 0.6) is 0 Å². The van der Waals surface area contributed by atoms with Crippen LogP contribution in [-0.4, -0.2) is 16.3 Å². The molecule has 0 aliphatic rings. The third-order valence-electron chi connectivity index (χ3n) is 3.35. The van der Waals surface area contributed by atoms with Crippen molar-refractivity contribution in [2.75, 3.05) is 6.54 Å². The van der Waals surface area contributed by atoms with Crippen LogP contribution in [0, 0.1) is 5.82 Å². The molecule has 0 radical (unpaired) electrons. The van der Waals surface area contributed by atoms with Crippen LogP contribution < -0.4 is 5.32 Å². The minimum Gasteiger partial charge on any atom is -0.305 e. The van der Waals surface area contributed by atoms with Crippen molar-refractivity contribution in [3.63, 3.8) is 0 Å². The molecule has 114 valence electrons. The highest BCUT2D eigenvalue weighted by Gasteiger charge is 2.20. The molecule has 1 atom stereocenters. The number of nitrogens with zero attached hydrogens (tertiary/aromatic N) is 2. The summed E-state index contributed by atoms with van der Waals surface area (Å²) in [5.41, 5.74) is 2.14. The second-order valence-corrected chi connectivity index (χ2v) is 5.89. The van der Waals surface area contributed by atoms with Gasteiger partial charge in [-0.1, -0.05) is 35.8 Å². The molecule has 0 bridgehead atoms. The third-order valence-corrected chi connectivity index (χ3v) is 4.04. The molecule has 0 aliphatic carbocycles. The molecular weight excluding hydrogens is 333 g/mol. The average Bonchev–Trinajstić information content (AvgIpc) is 2.90. The highest BCUT2D eigenvalue weighted by molar-refractivity contribution is 9.10. The van der Waals surface area contributed by atoms with Crippen LogP contribution in [0.15, 0.2) is 34.9 Å². The van der Waals surface area contributed by atoms with E-state index in [1.807, 2.05) is 23.0 Å². The Morgan fingerprint density at radius 2 is 2.10 bits per heavy atom.